The minimum Gasteiger partial charge on any atom is -0.0622 e. The molecule has 60 valence electrons. The van der Waals surface area contributed by atoms with Crippen molar-refractivity contribution in [3.05, 3.63) is 42.3 Å². The third kappa shape index (κ3) is 3.16. The standard InChI is InChI=1S/C12H13/c1-2-3-4-6-9-12-10-7-5-8-11-12/h4-5,7-8,10-11H,6,9H2,1H3/q+1. The van der Waals surface area contributed by atoms with E-state index in [9.17, 15) is 0 Å². The normalized spacial score (nSPS) is 8.42. The van der Waals surface area contributed by atoms with Crippen molar-refractivity contribution in [1.29, 1.82) is 0 Å². The summed E-state index contributed by atoms with van der Waals surface area (Å²) in [5.41, 5.74) is 1.38. The molecule has 1 aromatic rings. The van der Waals surface area contributed by atoms with Crippen LogP contribution < -0.4 is 0 Å². The average Bonchev–Trinajstić information content (AvgIpc) is 2.14. The van der Waals surface area contributed by atoms with Crippen molar-refractivity contribution in [2.45, 2.75) is 19.8 Å². The zero-order valence-electron chi connectivity index (χ0n) is 7.38. The van der Waals surface area contributed by atoms with Crippen LogP contribution in [0.4, 0.5) is 0 Å². The van der Waals surface area contributed by atoms with Crippen molar-refractivity contribution in [2.24, 2.45) is 0 Å². The van der Waals surface area contributed by atoms with Crippen LogP contribution in [0.3, 0.4) is 0 Å². The number of unbranched alkanes of at least 4 members (excludes halogenated alkanes) is 1. The first-order valence-corrected chi connectivity index (χ1v) is 4.21. The molecule has 0 unspecified atom stereocenters. The van der Waals surface area contributed by atoms with Gasteiger partial charge in [0, 0.05) is 6.42 Å². The van der Waals surface area contributed by atoms with Gasteiger partial charge in [-0.1, -0.05) is 30.3 Å². The van der Waals surface area contributed by atoms with Crippen LogP contribution in [0.2, 0.25) is 0 Å². The van der Waals surface area contributed by atoms with Crippen molar-refractivity contribution in [1.82, 2.24) is 0 Å². The Morgan fingerprint density at radius 3 is 2.67 bits per heavy atom. The maximum absolute atomic E-state index is 2.94. The summed E-state index contributed by atoms with van der Waals surface area (Å²) >= 11 is 0. The second-order valence-corrected chi connectivity index (χ2v) is 2.62. The van der Waals surface area contributed by atoms with Crippen LogP contribution in [0.1, 0.15) is 18.9 Å². The van der Waals surface area contributed by atoms with Gasteiger partial charge in [0.05, 0.1) is 13.3 Å². The lowest BCUT2D eigenvalue weighted by molar-refractivity contribution is 0.969. The number of aryl methyl sites for hydroxylation is 1. The van der Waals surface area contributed by atoms with Crippen LogP contribution in [0.15, 0.2) is 30.3 Å². The van der Waals surface area contributed by atoms with E-state index in [1.807, 2.05) is 19.4 Å². The summed E-state index contributed by atoms with van der Waals surface area (Å²) in [6.07, 6.45) is 4.16. The molecule has 0 saturated carbocycles. The predicted molar refractivity (Wildman–Crippen MR) is 52.5 cm³/mol. The van der Waals surface area contributed by atoms with Gasteiger partial charge < -0.3 is 0 Å². The summed E-state index contributed by atoms with van der Waals surface area (Å²) in [6.45, 7) is 1.86. The molecule has 0 bridgehead atoms. The maximum atomic E-state index is 2.94. The average molecular weight is 157 g/mol. The largest absolute Gasteiger partial charge is 0.138 e. The van der Waals surface area contributed by atoms with E-state index in [4.69, 9.17) is 0 Å². The van der Waals surface area contributed by atoms with Crippen LogP contribution >= 0.6 is 0 Å². The topological polar surface area (TPSA) is 0 Å². The first-order valence-electron chi connectivity index (χ1n) is 4.21. The first-order chi connectivity index (χ1) is 5.93. The highest BCUT2D eigenvalue weighted by molar-refractivity contribution is 5.16. The Morgan fingerprint density at radius 2 is 2.00 bits per heavy atom. The lowest BCUT2D eigenvalue weighted by atomic mass is 10.1. The van der Waals surface area contributed by atoms with E-state index in [1.165, 1.54) is 5.56 Å². The molecular formula is C12H13+. The minimum atomic E-state index is 1.05. The van der Waals surface area contributed by atoms with Gasteiger partial charge in [-0.2, -0.15) is 0 Å². The molecule has 1 aromatic carbocycles. The van der Waals surface area contributed by atoms with E-state index in [2.05, 4.69) is 36.1 Å². The molecule has 0 aromatic heterocycles. The van der Waals surface area contributed by atoms with Gasteiger partial charge in [-0.25, -0.2) is 0 Å². The molecule has 0 N–H and O–H groups in total. The third-order valence-corrected chi connectivity index (χ3v) is 1.67. The smallest absolute Gasteiger partial charge is 0.0622 e. The summed E-state index contributed by atoms with van der Waals surface area (Å²) < 4.78 is 0. The Labute approximate surface area is 74.6 Å². The molecule has 0 radical (unpaired) electrons. The Balaban J connectivity index is 2.27. The summed E-state index contributed by atoms with van der Waals surface area (Å²) in [5, 5.41) is 0. The molecule has 0 fully saturated rings. The van der Waals surface area contributed by atoms with Gasteiger partial charge in [0.2, 0.25) is 0 Å². The molecule has 0 amide bonds. The summed E-state index contributed by atoms with van der Waals surface area (Å²) in [4.78, 5) is 0. The van der Waals surface area contributed by atoms with Gasteiger partial charge in [-0.3, -0.25) is 0 Å². The van der Waals surface area contributed by atoms with Crippen LogP contribution in [-0.2, 0) is 6.42 Å². The summed E-state index contributed by atoms with van der Waals surface area (Å²) in [7, 11) is 0. The van der Waals surface area contributed by atoms with Gasteiger partial charge in [0.1, 0.15) is 11.8 Å². The van der Waals surface area contributed by atoms with Gasteiger partial charge in [-0.15, -0.1) is 0 Å². The molecule has 0 aliphatic heterocycles. The number of rotatable bonds is 3. The molecule has 0 aliphatic carbocycles. The zero-order valence-corrected chi connectivity index (χ0v) is 7.38. The van der Waals surface area contributed by atoms with Gasteiger partial charge in [0.25, 0.3) is 0 Å². The maximum Gasteiger partial charge on any atom is 0.138 e. The van der Waals surface area contributed by atoms with Crippen molar-refractivity contribution in [3.63, 3.8) is 0 Å². The van der Waals surface area contributed by atoms with Crippen LogP contribution in [0.25, 0.3) is 0 Å². The van der Waals surface area contributed by atoms with E-state index in [-0.39, 0.29) is 0 Å². The van der Waals surface area contributed by atoms with Crippen molar-refractivity contribution in [3.8, 4) is 11.8 Å². The molecule has 0 spiro atoms. The molecule has 0 aliphatic rings. The lowest BCUT2D eigenvalue weighted by Gasteiger charge is -1.93. The second kappa shape index (κ2) is 5.32. The molecule has 0 heterocycles. The molecule has 0 atom stereocenters. The van der Waals surface area contributed by atoms with Crippen LogP contribution in [-0.4, -0.2) is 0 Å². The zero-order chi connectivity index (χ0) is 8.65. The van der Waals surface area contributed by atoms with E-state index in [1.54, 1.807) is 0 Å². The molecular weight excluding hydrogens is 144 g/mol. The van der Waals surface area contributed by atoms with Crippen molar-refractivity contribution in [2.75, 3.05) is 0 Å². The predicted octanol–water partition coefficient (Wildman–Crippen LogP) is 2.85. The van der Waals surface area contributed by atoms with Crippen molar-refractivity contribution < 1.29 is 0 Å². The molecule has 0 heteroatoms. The quantitative estimate of drug-likeness (QED) is 0.359. The highest BCUT2D eigenvalue weighted by Crippen LogP contribution is 2.02. The van der Waals surface area contributed by atoms with E-state index in [0.29, 0.717) is 0 Å². The van der Waals surface area contributed by atoms with Crippen molar-refractivity contribution >= 4 is 0 Å². The highest BCUT2D eigenvalue weighted by atomic mass is 13.9. The monoisotopic (exact) mass is 157 g/mol. The minimum absolute atomic E-state index is 1.05. The number of hydrogen-bond donors (Lipinski definition) is 0. The van der Waals surface area contributed by atoms with Gasteiger partial charge in [-0.05, 0) is 12.0 Å². The highest BCUT2D eigenvalue weighted by Gasteiger charge is 1.93. The van der Waals surface area contributed by atoms with Gasteiger partial charge >= 0.3 is 0 Å². The summed E-state index contributed by atoms with van der Waals surface area (Å²) in [6, 6.07) is 10.5. The fourth-order valence-electron chi connectivity index (χ4n) is 1.06. The fourth-order valence-corrected chi connectivity index (χ4v) is 1.06. The first kappa shape index (κ1) is 8.74. The van der Waals surface area contributed by atoms with Crippen LogP contribution in [0.5, 0.6) is 0 Å². The van der Waals surface area contributed by atoms with Gasteiger partial charge in [0.15, 0.2) is 0 Å². The molecule has 1 rings (SSSR count). The fraction of sp³-hybridized carbons (Fsp3) is 0.250. The molecule has 12 heavy (non-hydrogen) atoms. The van der Waals surface area contributed by atoms with E-state index >= 15 is 0 Å². The Bertz CT molecular complexity index is 261. The Kier molecular flexibility index (Phi) is 3.88. The second-order valence-electron chi connectivity index (χ2n) is 2.62. The van der Waals surface area contributed by atoms with E-state index < -0.39 is 0 Å². The van der Waals surface area contributed by atoms with Crippen LogP contribution in [0, 0.1) is 18.3 Å². The summed E-state index contributed by atoms with van der Waals surface area (Å²) in [5.74, 6) is 5.79. The lowest BCUT2D eigenvalue weighted by Crippen LogP contribution is -1.83. The molecule has 0 saturated heterocycles. The number of benzene rings is 1. The molecule has 0 nitrogen and oxygen atoms in total. The SMILES string of the molecule is CC#C[CH+]CCc1ccccc1. The number of hydrogen-bond acceptors (Lipinski definition) is 0. The Hall–Kier alpha value is -1.35. The van der Waals surface area contributed by atoms with E-state index in [0.717, 1.165) is 12.8 Å². The Morgan fingerprint density at radius 1 is 1.25 bits per heavy atom. The third-order valence-electron chi connectivity index (χ3n) is 1.67.